The number of methoxy groups -OCH3 is 1. The fourth-order valence-corrected chi connectivity index (χ4v) is 3.54. The van der Waals surface area contributed by atoms with E-state index in [1.165, 1.54) is 25.7 Å². The Hall–Kier alpha value is -0.610. The number of unbranched alkanes of at least 4 members (excludes halogenated alkanes) is 1. The van der Waals surface area contributed by atoms with Gasteiger partial charge in [0.05, 0.1) is 18.3 Å². The quantitative estimate of drug-likeness (QED) is 0.780. The second-order valence-electron chi connectivity index (χ2n) is 6.39. The lowest BCUT2D eigenvalue weighted by molar-refractivity contribution is -0.132. The smallest absolute Gasteiger partial charge is 0.241 e. The maximum Gasteiger partial charge on any atom is 0.241 e. The van der Waals surface area contributed by atoms with Crippen LogP contribution in [0, 0.1) is 5.92 Å². The summed E-state index contributed by atoms with van der Waals surface area (Å²) in [6.45, 7) is 4.93. The Morgan fingerprint density at radius 3 is 2.70 bits per heavy atom. The van der Waals surface area contributed by atoms with Gasteiger partial charge in [0.25, 0.3) is 0 Å². The lowest BCUT2D eigenvalue weighted by atomic mass is 10.0. The van der Waals surface area contributed by atoms with Crippen LogP contribution in [0.4, 0.5) is 0 Å². The molecule has 2 fully saturated rings. The molecule has 1 aliphatic carbocycles. The van der Waals surface area contributed by atoms with Gasteiger partial charge in [-0.05, 0) is 32.1 Å². The van der Waals surface area contributed by atoms with Crippen molar-refractivity contribution in [3.8, 4) is 0 Å². The van der Waals surface area contributed by atoms with Crippen molar-refractivity contribution in [2.24, 2.45) is 5.92 Å². The van der Waals surface area contributed by atoms with Gasteiger partial charge >= 0.3 is 0 Å². The Balaban J connectivity index is 2.03. The lowest BCUT2D eigenvalue weighted by Crippen LogP contribution is -2.45. The molecule has 1 saturated heterocycles. The molecule has 1 N–H and O–H groups in total. The molecule has 1 amide bonds. The van der Waals surface area contributed by atoms with E-state index < -0.39 is 0 Å². The molecule has 3 unspecified atom stereocenters. The molecule has 3 atom stereocenters. The predicted octanol–water partition coefficient (Wildman–Crippen LogP) is 2.53. The van der Waals surface area contributed by atoms with Crippen LogP contribution >= 0.6 is 0 Å². The summed E-state index contributed by atoms with van der Waals surface area (Å²) in [7, 11) is 1.72. The Labute approximate surface area is 123 Å². The number of nitrogens with zero attached hydrogens (tertiary/aromatic N) is 1. The van der Waals surface area contributed by atoms with E-state index in [0.717, 1.165) is 19.3 Å². The summed E-state index contributed by atoms with van der Waals surface area (Å²) in [5.74, 6) is 0.925. The van der Waals surface area contributed by atoms with E-state index in [1.807, 2.05) is 6.92 Å². The van der Waals surface area contributed by atoms with Gasteiger partial charge in [0.2, 0.25) is 5.91 Å². The van der Waals surface area contributed by atoms with Crippen LogP contribution in [-0.4, -0.2) is 42.8 Å². The van der Waals surface area contributed by atoms with E-state index in [2.05, 4.69) is 17.1 Å². The van der Waals surface area contributed by atoms with Crippen molar-refractivity contribution in [1.29, 1.82) is 0 Å². The van der Waals surface area contributed by atoms with Crippen LogP contribution in [0.3, 0.4) is 0 Å². The van der Waals surface area contributed by atoms with Crippen molar-refractivity contribution in [1.82, 2.24) is 10.2 Å². The van der Waals surface area contributed by atoms with Gasteiger partial charge in [-0.25, -0.2) is 0 Å². The normalized spacial score (nSPS) is 29.4. The molecule has 1 saturated carbocycles. The Kier molecular flexibility index (Phi) is 5.85. The van der Waals surface area contributed by atoms with Gasteiger partial charge in [0.1, 0.15) is 0 Å². The molecule has 4 heteroatoms. The predicted molar refractivity (Wildman–Crippen MR) is 80.4 cm³/mol. The number of amides is 1. The highest BCUT2D eigenvalue weighted by Gasteiger charge is 2.43. The van der Waals surface area contributed by atoms with Crippen molar-refractivity contribution in [2.45, 2.75) is 77.1 Å². The van der Waals surface area contributed by atoms with E-state index in [-0.39, 0.29) is 18.3 Å². The molecule has 116 valence electrons. The number of carbonyl (C=O) groups is 1. The number of nitrogens with one attached hydrogen (secondary N) is 1. The molecule has 2 aliphatic rings. The van der Waals surface area contributed by atoms with E-state index >= 15 is 0 Å². The van der Waals surface area contributed by atoms with E-state index in [9.17, 15) is 4.79 Å². The second kappa shape index (κ2) is 7.41. The number of rotatable bonds is 7. The first-order chi connectivity index (χ1) is 9.67. The minimum absolute atomic E-state index is 0.0320. The van der Waals surface area contributed by atoms with E-state index in [4.69, 9.17) is 4.74 Å². The Bertz CT molecular complexity index is 316. The molecule has 20 heavy (non-hydrogen) atoms. The summed E-state index contributed by atoms with van der Waals surface area (Å²) in [4.78, 5) is 14.7. The zero-order valence-electron chi connectivity index (χ0n) is 13.2. The molecule has 2 rings (SSSR count). The summed E-state index contributed by atoms with van der Waals surface area (Å²) < 4.78 is 5.37. The average molecular weight is 282 g/mol. The molecule has 1 heterocycles. The first kappa shape index (κ1) is 15.8. The zero-order chi connectivity index (χ0) is 14.5. The summed E-state index contributed by atoms with van der Waals surface area (Å²) >= 11 is 0. The van der Waals surface area contributed by atoms with Crippen molar-refractivity contribution in [2.75, 3.05) is 13.7 Å². The molecule has 4 nitrogen and oxygen atoms in total. The molecule has 0 radical (unpaired) electrons. The van der Waals surface area contributed by atoms with Crippen molar-refractivity contribution in [3.05, 3.63) is 0 Å². The maximum absolute atomic E-state index is 12.6. The molecule has 0 aromatic rings. The van der Waals surface area contributed by atoms with Gasteiger partial charge in [0, 0.05) is 13.7 Å². The van der Waals surface area contributed by atoms with Gasteiger partial charge in [0.15, 0.2) is 0 Å². The van der Waals surface area contributed by atoms with Gasteiger partial charge in [-0.1, -0.05) is 32.6 Å². The highest BCUT2D eigenvalue weighted by molar-refractivity contribution is 5.84. The first-order valence-electron chi connectivity index (χ1n) is 8.26. The van der Waals surface area contributed by atoms with Gasteiger partial charge < -0.3 is 9.64 Å². The fourth-order valence-electron chi connectivity index (χ4n) is 3.54. The van der Waals surface area contributed by atoms with Gasteiger partial charge in [-0.15, -0.1) is 0 Å². The minimum Gasteiger partial charge on any atom is -0.380 e. The van der Waals surface area contributed by atoms with Crippen LogP contribution in [-0.2, 0) is 9.53 Å². The van der Waals surface area contributed by atoms with Crippen LogP contribution in [0.5, 0.6) is 0 Å². The third-order valence-electron chi connectivity index (χ3n) is 4.84. The maximum atomic E-state index is 12.6. The van der Waals surface area contributed by atoms with Crippen LogP contribution in [0.1, 0.15) is 58.8 Å². The summed E-state index contributed by atoms with van der Waals surface area (Å²) in [5, 5.41) is 3.62. The standard InChI is InChI=1S/C16H30N2O2/c1-4-5-10-14-16(19)18(11-12(2)20-3)15(17-14)13-8-6-7-9-13/h12-15,17H,4-11H2,1-3H3. The molecule has 0 spiro atoms. The number of carbonyl (C=O) groups excluding carboxylic acids is 1. The highest BCUT2D eigenvalue weighted by Crippen LogP contribution is 2.32. The van der Waals surface area contributed by atoms with Gasteiger partial charge in [-0.2, -0.15) is 0 Å². The average Bonchev–Trinajstić information content (AvgIpc) is 3.07. The van der Waals surface area contributed by atoms with Crippen LogP contribution in [0.2, 0.25) is 0 Å². The molecular weight excluding hydrogens is 252 g/mol. The molecule has 1 aliphatic heterocycles. The van der Waals surface area contributed by atoms with E-state index in [0.29, 0.717) is 18.4 Å². The van der Waals surface area contributed by atoms with Crippen molar-refractivity contribution < 1.29 is 9.53 Å². The third kappa shape index (κ3) is 3.53. The summed E-state index contributed by atoms with van der Waals surface area (Å²) in [5.41, 5.74) is 0. The largest absolute Gasteiger partial charge is 0.380 e. The van der Waals surface area contributed by atoms with Crippen molar-refractivity contribution in [3.63, 3.8) is 0 Å². The SMILES string of the molecule is CCCCC1NC(C2CCCC2)N(CC(C)OC)C1=O. The van der Waals surface area contributed by atoms with Gasteiger partial charge in [-0.3, -0.25) is 10.1 Å². The first-order valence-corrected chi connectivity index (χ1v) is 8.26. The highest BCUT2D eigenvalue weighted by atomic mass is 16.5. The van der Waals surface area contributed by atoms with Crippen LogP contribution in [0.15, 0.2) is 0 Å². The monoisotopic (exact) mass is 282 g/mol. The Morgan fingerprint density at radius 1 is 1.40 bits per heavy atom. The fraction of sp³-hybridized carbons (Fsp3) is 0.938. The zero-order valence-corrected chi connectivity index (χ0v) is 13.2. The van der Waals surface area contributed by atoms with Crippen LogP contribution in [0.25, 0.3) is 0 Å². The molecule has 0 bridgehead atoms. The number of hydrogen-bond donors (Lipinski definition) is 1. The summed E-state index contributed by atoms with van der Waals surface area (Å²) in [6.07, 6.45) is 8.71. The second-order valence-corrected chi connectivity index (χ2v) is 6.39. The number of hydrogen-bond acceptors (Lipinski definition) is 3. The number of ether oxygens (including phenoxy) is 1. The summed E-state index contributed by atoms with van der Waals surface area (Å²) in [6, 6.07) is 0.0320. The van der Waals surface area contributed by atoms with Crippen molar-refractivity contribution >= 4 is 5.91 Å². The lowest BCUT2D eigenvalue weighted by Gasteiger charge is -2.30. The van der Waals surface area contributed by atoms with E-state index in [1.54, 1.807) is 7.11 Å². The Morgan fingerprint density at radius 2 is 2.10 bits per heavy atom. The topological polar surface area (TPSA) is 41.6 Å². The minimum atomic E-state index is 0.0320. The molecule has 0 aromatic heterocycles. The third-order valence-corrected chi connectivity index (χ3v) is 4.84. The molecular formula is C16H30N2O2. The molecule has 0 aromatic carbocycles. The van der Waals surface area contributed by atoms with Crippen LogP contribution < -0.4 is 5.32 Å².